The zero-order chi connectivity index (χ0) is 23.4. The van der Waals surface area contributed by atoms with Crippen molar-refractivity contribution < 1.29 is 31.9 Å². The van der Waals surface area contributed by atoms with Crippen LogP contribution in [0.4, 0.5) is 8.78 Å². The normalized spacial score (nSPS) is 20.1. The van der Waals surface area contributed by atoms with Crippen LogP contribution in [0, 0.1) is 0 Å². The van der Waals surface area contributed by atoms with Gasteiger partial charge in [-0.1, -0.05) is 13.0 Å². The number of nitrogens with one attached hydrogen (secondary N) is 1. The third-order valence-electron chi connectivity index (χ3n) is 6.69. The maximum absolute atomic E-state index is 13.4. The summed E-state index contributed by atoms with van der Waals surface area (Å²) in [6.45, 7) is 2.22. The zero-order valence-electron chi connectivity index (χ0n) is 18.6. The summed E-state index contributed by atoms with van der Waals surface area (Å²) in [6.07, 6.45) is 2.56. The van der Waals surface area contributed by atoms with Crippen molar-refractivity contribution in [2.24, 2.45) is 0 Å². The second kappa shape index (κ2) is 11.4. The largest absolute Gasteiger partial charge is 0.381 e. The number of hydrogen-bond acceptors (Lipinski definition) is 6. The summed E-state index contributed by atoms with van der Waals surface area (Å²) >= 11 is 0. The van der Waals surface area contributed by atoms with Crippen LogP contribution in [-0.2, 0) is 26.0 Å². The first kappa shape index (κ1) is 27.8. The molecule has 0 aliphatic carbocycles. The first-order valence-corrected chi connectivity index (χ1v) is 12.4. The summed E-state index contributed by atoms with van der Waals surface area (Å²) in [4.78, 5) is 16.7. The van der Waals surface area contributed by atoms with E-state index >= 15 is 0 Å². The molecule has 3 rings (SSSR count). The van der Waals surface area contributed by atoms with Gasteiger partial charge in [0.25, 0.3) is 5.91 Å². The van der Waals surface area contributed by atoms with Gasteiger partial charge in [-0.05, 0) is 36.8 Å². The van der Waals surface area contributed by atoms with E-state index < -0.39 is 26.6 Å². The molecule has 188 valence electrons. The Morgan fingerprint density at radius 1 is 1.30 bits per heavy atom. The van der Waals surface area contributed by atoms with Gasteiger partial charge in [0.15, 0.2) is 4.75 Å². The Hall–Kier alpha value is -1.40. The number of halogens is 3. The van der Waals surface area contributed by atoms with Crippen LogP contribution in [0.1, 0.15) is 62.6 Å². The zero-order valence-corrected chi connectivity index (χ0v) is 20.3. The lowest BCUT2D eigenvalue weighted by Crippen LogP contribution is -2.60. The first-order chi connectivity index (χ1) is 15.1. The molecule has 2 aliphatic heterocycles. The number of pyridine rings is 1. The highest BCUT2D eigenvalue weighted by Gasteiger charge is 2.54. The molecule has 1 amide bonds. The Morgan fingerprint density at radius 3 is 2.45 bits per heavy atom. The van der Waals surface area contributed by atoms with Crippen LogP contribution in [0.25, 0.3) is 0 Å². The number of piperidine rings is 1. The van der Waals surface area contributed by atoms with Gasteiger partial charge in [-0.2, -0.15) is 0 Å². The maximum Gasteiger partial charge on any atom is 0.266 e. The van der Waals surface area contributed by atoms with Gasteiger partial charge < -0.3 is 4.74 Å². The summed E-state index contributed by atoms with van der Waals surface area (Å²) in [6, 6.07) is 3.63. The molecule has 0 radical (unpaired) electrons. The number of hydrogen-bond donors (Lipinski definition) is 2. The fraction of sp³-hybridized carbons (Fsp3) is 0.714. The van der Waals surface area contributed by atoms with E-state index in [1.54, 1.807) is 12.3 Å². The Labute approximate surface area is 199 Å². The van der Waals surface area contributed by atoms with Gasteiger partial charge in [-0.15, -0.1) is 12.4 Å². The number of carbonyl (C=O) groups excluding carboxylic acids is 1. The molecule has 0 atom stereocenters. The number of hydroxylamine groups is 1. The van der Waals surface area contributed by atoms with E-state index in [9.17, 15) is 22.0 Å². The minimum absolute atomic E-state index is 0. The Morgan fingerprint density at radius 2 is 1.94 bits per heavy atom. The molecule has 0 unspecified atom stereocenters. The lowest BCUT2D eigenvalue weighted by atomic mass is 9.91. The monoisotopic (exact) mass is 511 g/mol. The predicted octanol–water partition coefficient (Wildman–Crippen LogP) is 3.05. The third kappa shape index (κ3) is 6.00. The van der Waals surface area contributed by atoms with Crippen LogP contribution in [0.15, 0.2) is 18.3 Å². The molecule has 3 heterocycles. The van der Waals surface area contributed by atoms with E-state index in [4.69, 9.17) is 9.94 Å². The van der Waals surface area contributed by atoms with Gasteiger partial charge in [-0.3, -0.25) is 15.0 Å². The third-order valence-corrected chi connectivity index (χ3v) is 9.31. The molecule has 2 aliphatic rings. The van der Waals surface area contributed by atoms with Crippen molar-refractivity contribution >= 4 is 28.3 Å². The van der Waals surface area contributed by atoms with Crippen molar-refractivity contribution in [3.05, 3.63) is 29.6 Å². The first-order valence-electron chi connectivity index (χ1n) is 11.0. The number of carbonyl (C=O) groups is 1. The molecule has 2 N–H and O–H groups in total. The molecule has 0 aromatic carbocycles. The number of amides is 1. The van der Waals surface area contributed by atoms with E-state index in [-0.39, 0.29) is 76.7 Å². The number of aromatic nitrogens is 1. The second-order valence-electron chi connectivity index (χ2n) is 8.52. The lowest BCUT2D eigenvalue weighted by Gasteiger charge is -2.40. The van der Waals surface area contributed by atoms with Crippen molar-refractivity contribution in [2.75, 3.05) is 26.3 Å². The van der Waals surface area contributed by atoms with Crippen LogP contribution in [0.5, 0.6) is 0 Å². The Balaban J connectivity index is 0.00000385. The summed E-state index contributed by atoms with van der Waals surface area (Å²) in [5.41, 5.74) is 3.08. The lowest BCUT2D eigenvalue weighted by molar-refractivity contribution is -0.134. The predicted molar refractivity (Wildman–Crippen MR) is 120 cm³/mol. The molecule has 2 saturated heterocycles. The van der Waals surface area contributed by atoms with E-state index in [0.717, 1.165) is 5.56 Å². The molecule has 8 nitrogen and oxygen atoms in total. The van der Waals surface area contributed by atoms with Crippen molar-refractivity contribution in [1.29, 1.82) is 0 Å². The van der Waals surface area contributed by atoms with Gasteiger partial charge in [0.05, 0.1) is 0 Å². The molecular weight excluding hydrogens is 480 g/mol. The molecule has 1 aromatic rings. The van der Waals surface area contributed by atoms with Crippen molar-refractivity contribution in [3.8, 4) is 0 Å². The summed E-state index contributed by atoms with van der Waals surface area (Å²) in [5, 5.41) is 9.15. The minimum atomic E-state index is -4.00. The second-order valence-corrected chi connectivity index (χ2v) is 10.8. The fourth-order valence-electron chi connectivity index (χ4n) is 4.39. The number of ether oxygens (including phenoxy) is 1. The summed E-state index contributed by atoms with van der Waals surface area (Å²) < 4.78 is 58.4. The molecule has 0 saturated carbocycles. The maximum atomic E-state index is 13.4. The summed E-state index contributed by atoms with van der Waals surface area (Å²) in [5.74, 6) is -3.51. The van der Waals surface area contributed by atoms with Crippen LogP contribution in [-0.4, -0.2) is 65.8 Å². The van der Waals surface area contributed by atoms with E-state index in [2.05, 4.69) is 4.98 Å². The fourth-order valence-corrected chi connectivity index (χ4v) is 6.54. The van der Waals surface area contributed by atoms with Gasteiger partial charge in [0.2, 0.25) is 15.9 Å². The summed E-state index contributed by atoms with van der Waals surface area (Å²) in [7, 11) is -4.00. The quantitative estimate of drug-likeness (QED) is 0.410. The highest BCUT2D eigenvalue weighted by molar-refractivity contribution is 7.91. The molecule has 0 bridgehead atoms. The van der Waals surface area contributed by atoms with Crippen LogP contribution in [0.3, 0.4) is 0 Å². The standard InChI is InChI=1S/C21H31F2N3O5S.ClH/c1-2-21(22,23)8-5-18-4-3-17(15-24-18)16-6-11-26(12-7-16)32(29,30)20(19(27)25-28)9-13-31-14-10-20;/h3-4,15-16,28H,2,5-14H2,1H3,(H,25,27);1H. The SMILES string of the molecule is CCC(F)(F)CCc1ccc(C2CCN(S(=O)(=O)C3(C(=O)NO)CCOCC3)CC2)cn1.Cl. The van der Waals surface area contributed by atoms with E-state index in [1.165, 1.54) is 16.7 Å². The number of aryl methyl sites for hydroxylation is 1. The topological polar surface area (TPSA) is 109 Å². The number of rotatable bonds is 8. The van der Waals surface area contributed by atoms with Crippen molar-refractivity contribution in [2.45, 2.75) is 68.5 Å². The number of nitrogens with zero attached hydrogens (tertiary/aromatic N) is 2. The average Bonchev–Trinajstić information content (AvgIpc) is 2.83. The smallest absolute Gasteiger partial charge is 0.266 e. The average molecular weight is 512 g/mol. The van der Waals surface area contributed by atoms with Crippen molar-refractivity contribution in [3.63, 3.8) is 0 Å². The van der Waals surface area contributed by atoms with E-state index in [0.29, 0.717) is 18.5 Å². The van der Waals surface area contributed by atoms with Crippen LogP contribution in [0.2, 0.25) is 0 Å². The molecule has 12 heteroatoms. The van der Waals surface area contributed by atoms with Gasteiger partial charge >= 0.3 is 0 Å². The molecular formula is C21H32ClF2N3O5S. The number of alkyl halides is 2. The molecule has 1 aromatic heterocycles. The minimum Gasteiger partial charge on any atom is -0.381 e. The Kier molecular flexibility index (Phi) is 9.58. The van der Waals surface area contributed by atoms with Gasteiger partial charge in [-0.25, -0.2) is 27.0 Å². The Bertz CT molecular complexity index is 888. The van der Waals surface area contributed by atoms with Gasteiger partial charge in [0, 0.05) is 63.9 Å². The molecule has 2 fully saturated rings. The number of sulfonamides is 1. The van der Waals surface area contributed by atoms with E-state index in [1.807, 2.05) is 6.07 Å². The van der Waals surface area contributed by atoms with Crippen LogP contribution >= 0.6 is 12.4 Å². The highest BCUT2D eigenvalue weighted by Crippen LogP contribution is 2.36. The highest BCUT2D eigenvalue weighted by atomic mass is 35.5. The van der Waals surface area contributed by atoms with Crippen molar-refractivity contribution in [1.82, 2.24) is 14.8 Å². The van der Waals surface area contributed by atoms with Gasteiger partial charge in [0.1, 0.15) is 0 Å². The molecule has 33 heavy (non-hydrogen) atoms. The molecule has 0 spiro atoms. The van der Waals surface area contributed by atoms with Crippen LogP contribution < -0.4 is 5.48 Å².